The minimum atomic E-state index is 0.750. The molecule has 0 amide bonds. The van der Waals surface area contributed by atoms with Gasteiger partial charge in [-0.15, -0.1) is 0 Å². The van der Waals surface area contributed by atoms with E-state index in [1.807, 2.05) is 6.92 Å². The van der Waals surface area contributed by atoms with Gasteiger partial charge >= 0.3 is 0 Å². The average Bonchev–Trinajstić information content (AvgIpc) is 2.29. The van der Waals surface area contributed by atoms with Crippen molar-refractivity contribution in [2.24, 2.45) is 0 Å². The lowest BCUT2D eigenvalue weighted by molar-refractivity contribution is 0.676. The van der Waals surface area contributed by atoms with Crippen LogP contribution in [0, 0.1) is 6.92 Å². The second-order valence-corrected chi connectivity index (χ2v) is 5.27. The molecule has 3 nitrogen and oxygen atoms in total. The molecule has 82 valence electrons. The Balaban J connectivity index is 1.84. The van der Waals surface area contributed by atoms with Crippen LogP contribution in [0.1, 0.15) is 25.0 Å². The summed E-state index contributed by atoms with van der Waals surface area (Å²) in [6.07, 6.45) is 7.56. The van der Waals surface area contributed by atoms with Crippen molar-refractivity contribution in [2.45, 2.75) is 31.4 Å². The Hall–Kier alpha value is -0.770. The molecule has 4 heteroatoms. The summed E-state index contributed by atoms with van der Waals surface area (Å²) in [6, 6.07) is 0. The first-order chi connectivity index (χ1) is 7.36. The van der Waals surface area contributed by atoms with Gasteiger partial charge in [-0.25, -0.2) is 4.98 Å². The van der Waals surface area contributed by atoms with Crippen LogP contribution < -0.4 is 5.32 Å². The number of thioether (sulfide) groups is 1. The van der Waals surface area contributed by atoms with E-state index in [0.717, 1.165) is 23.3 Å². The molecular formula is C11H17N3S. The summed E-state index contributed by atoms with van der Waals surface area (Å²) in [7, 11) is 0. The first kappa shape index (κ1) is 10.7. The lowest BCUT2D eigenvalue weighted by Crippen LogP contribution is -2.20. The van der Waals surface area contributed by atoms with Crippen molar-refractivity contribution in [1.29, 1.82) is 0 Å². The summed E-state index contributed by atoms with van der Waals surface area (Å²) in [5.41, 5.74) is 0.985. The summed E-state index contributed by atoms with van der Waals surface area (Å²) < 4.78 is 0. The summed E-state index contributed by atoms with van der Waals surface area (Å²) in [4.78, 5) is 8.49. The average molecular weight is 223 g/mol. The molecule has 0 aromatic carbocycles. The van der Waals surface area contributed by atoms with Gasteiger partial charge in [0.15, 0.2) is 0 Å². The zero-order valence-electron chi connectivity index (χ0n) is 9.07. The summed E-state index contributed by atoms with van der Waals surface area (Å²) in [5, 5.41) is 4.14. The van der Waals surface area contributed by atoms with E-state index in [-0.39, 0.29) is 0 Å². The normalized spacial score (nSPS) is 21.3. The van der Waals surface area contributed by atoms with Gasteiger partial charge in [0.2, 0.25) is 0 Å². The van der Waals surface area contributed by atoms with Crippen LogP contribution in [0.3, 0.4) is 0 Å². The smallest absolute Gasteiger partial charge is 0.147 e. The second kappa shape index (κ2) is 5.35. The third-order valence-electron chi connectivity index (χ3n) is 2.65. The molecule has 1 aliphatic rings. The molecule has 1 aliphatic heterocycles. The second-order valence-electron chi connectivity index (χ2n) is 3.86. The van der Waals surface area contributed by atoms with Crippen molar-refractivity contribution in [2.75, 3.05) is 17.6 Å². The molecule has 1 fully saturated rings. The fraction of sp³-hybridized carbons (Fsp3) is 0.636. The summed E-state index contributed by atoms with van der Waals surface area (Å²) >= 11 is 2.08. The Morgan fingerprint density at radius 3 is 3.00 bits per heavy atom. The van der Waals surface area contributed by atoms with E-state index in [9.17, 15) is 0 Å². The van der Waals surface area contributed by atoms with Crippen LogP contribution in [0.15, 0.2) is 12.4 Å². The molecule has 15 heavy (non-hydrogen) atoms. The lowest BCUT2D eigenvalue weighted by atomic mass is 10.2. The lowest BCUT2D eigenvalue weighted by Gasteiger charge is -2.21. The number of aryl methyl sites for hydroxylation is 1. The maximum absolute atomic E-state index is 4.28. The number of anilines is 1. The largest absolute Gasteiger partial charge is 0.367 e. The van der Waals surface area contributed by atoms with E-state index in [2.05, 4.69) is 27.0 Å². The Morgan fingerprint density at radius 2 is 2.27 bits per heavy atom. The minimum absolute atomic E-state index is 0.750. The van der Waals surface area contributed by atoms with Gasteiger partial charge in [-0.3, -0.25) is 4.98 Å². The number of aromatic nitrogens is 2. The highest BCUT2D eigenvalue weighted by Crippen LogP contribution is 2.25. The van der Waals surface area contributed by atoms with Crippen LogP contribution in [0.25, 0.3) is 0 Å². The van der Waals surface area contributed by atoms with Crippen molar-refractivity contribution < 1.29 is 0 Å². The minimum Gasteiger partial charge on any atom is -0.367 e. The highest BCUT2D eigenvalue weighted by molar-refractivity contribution is 7.99. The molecule has 1 atom stereocenters. The number of hydrogen-bond donors (Lipinski definition) is 1. The number of nitrogens with one attached hydrogen (secondary N) is 1. The van der Waals surface area contributed by atoms with Gasteiger partial charge in [0, 0.05) is 24.2 Å². The van der Waals surface area contributed by atoms with E-state index in [1.165, 1.54) is 25.0 Å². The molecular weight excluding hydrogens is 206 g/mol. The van der Waals surface area contributed by atoms with Crippen LogP contribution in [-0.4, -0.2) is 27.5 Å². The molecule has 1 aromatic rings. The fourth-order valence-electron chi connectivity index (χ4n) is 1.76. The van der Waals surface area contributed by atoms with Crippen molar-refractivity contribution >= 4 is 17.6 Å². The molecule has 0 radical (unpaired) electrons. The third-order valence-corrected chi connectivity index (χ3v) is 4.05. The quantitative estimate of drug-likeness (QED) is 0.854. The highest BCUT2D eigenvalue weighted by Gasteiger charge is 2.13. The Bertz CT molecular complexity index is 310. The first-order valence-corrected chi connectivity index (χ1v) is 6.54. The van der Waals surface area contributed by atoms with Crippen LogP contribution in [0.5, 0.6) is 0 Å². The van der Waals surface area contributed by atoms with Crippen LogP contribution >= 0.6 is 11.8 Å². The first-order valence-electron chi connectivity index (χ1n) is 5.49. The number of nitrogens with zero attached hydrogens (tertiary/aromatic N) is 2. The van der Waals surface area contributed by atoms with E-state index < -0.39 is 0 Å². The van der Waals surface area contributed by atoms with E-state index >= 15 is 0 Å². The van der Waals surface area contributed by atoms with Crippen molar-refractivity contribution in [3.05, 3.63) is 18.1 Å². The monoisotopic (exact) mass is 223 g/mol. The molecule has 1 N–H and O–H groups in total. The van der Waals surface area contributed by atoms with Crippen LogP contribution in [0.2, 0.25) is 0 Å². The Kier molecular flexibility index (Phi) is 3.83. The van der Waals surface area contributed by atoms with Gasteiger partial charge in [-0.2, -0.15) is 11.8 Å². The van der Waals surface area contributed by atoms with Crippen LogP contribution in [0.4, 0.5) is 5.82 Å². The van der Waals surface area contributed by atoms with Gasteiger partial charge in [-0.05, 0) is 25.5 Å². The van der Waals surface area contributed by atoms with Crippen molar-refractivity contribution in [1.82, 2.24) is 9.97 Å². The molecule has 0 bridgehead atoms. The SMILES string of the molecule is Cc1nccnc1NCC1CCCCS1. The molecule has 1 saturated heterocycles. The van der Waals surface area contributed by atoms with E-state index in [4.69, 9.17) is 0 Å². The summed E-state index contributed by atoms with van der Waals surface area (Å²) in [5.74, 6) is 2.25. The van der Waals surface area contributed by atoms with Gasteiger partial charge in [0.25, 0.3) is 0 Å². The molecule has 0 saturated carbocycles. The van der Waals surface area contributed by atoms with Crippen molar-refractivity contribution in [3.8, 4) is 0 Å². The zero-order valence-corrected chi connectivity index (χ0v) is 9.89. The molecule has 2 heterocycles. The third kappa shape index (κ3) is 3.09. The van der Waals surface area contributed by atoms with Gasteiger partial charge in [0.05, 0.1) is 5.69 Å². The Labute approximate surface area is 95.1 Å². The highest BCUT2D eigenvalue weighted by atomic mass is 32.2. The predicted octanol–water partition coefficient (Wildman–Crippen LogP) is 2.48. The van der Waals surface area contributed by atoms with Gasteiger partial charge in [0.1, 0.15) is 5.82 Å². The summed E-state index contributed by atoms with van der Waals surface area (Å²) in [6.45, 7) is 3.01. The molecule has 2 rings (SSSR count). The Morgan fingerprint density at radius 1 is 1.40 bits per heavy atom. The number of hydrogen-bond acceptors (Lipinski definition) is 4. The predicted molar refractivity (Wildman–Crippen MR) is 65.4 cm³/mol. The standard InChI is InChI=1S/C11H17N3S/c1-9-11(13-6-5-12-9)14-8-10-4-2-3-7-15-10/h5-6,10H,2-4,7-8H2,1H3,(H,13,14). The van der Waals surface area contributed by atoms with Gasteiger partial charge in [-0.1, -0.05) is 6.42 Å². The maximum Gasteiger partial charge on any atom is 0.147 e. The van der Waals surface area contributed by atoms with E-state index in [0.29, 0.717) is 0 Å². The molecule has 0 aliphatic carbocycles. The maximum atomic E-state index is 4.28. The van der Waals surface area contributed by atoms with Crippen LogP contribution in [-0.2, 0) is 0 Å². The van der Waals surface area contributed by atoms with Crippen molar-refractivity contribution in [3.63, 3.8) is 0 Å². The molecule has 1 unspecified atom stereocenters. The van der Waals surface area contributed by atoms with E-state index in [1.54, 1.807) is 12.4 Å². The molecule has 1 aromatic heterocycles. The number of rotatable bonds is 3. The van der Waals surface area contributed by atoms with Gasteiger partial charge < -0.3 is 5.32 Å². The molecule has 0 spiro atoms. The fourth-order valence-corrected chi connectivity index (χ4v) is 3.00. The zero-order chi connectivity index (χ0) is 10.5. The topological polar surface area (TPSA) is 37.8 Å².